The van der Waals surface area contributed by atoms with Crippen LogP contribution in [0.4, 0.5) is 5.69 Å². The molecule has 1 fully saturated rings. The van der Waals surface area contributed by atoms with Crippen LogP contribution >= 0.6 is 0 Å². The van der Waals surface area contributed by atoms with Crippen LogP contribution in [0.5, 0.6) is 0 Å². The van der Waals surface area contributed by atoms with Crippen molar-refractivity contribution < 1.29 is 5.32 Å². The number of nitrogens with one attached hydrogen (secondary N) is 1. The lowest BCUT2D eigenvalue weighted by Gasteiger charge is -2.47. The zero-order valence-corrected chi connectivity index (χ0v) is 11.2. The van der Waals surface area contributed by atoms with E-state index < -0.39 is 0 Å². The van der Waals surface area contributed by atoms with Gasteiger partial charge in [0, 0.05) is 17.1 Å². The third kappa shape index (κ3) is 1.50. The average Bonchev–Trinajstić information content (AvgIpc) is 2.66. The molecule has 0 spiro atoms. The van der Waals surface area contributed by atoms with Crippen LogP contribution in [0, 0.1) is 5.41 Å². The lowest BCUT2D eigenvalue weighted by Crippen LogP contribution is -3.01. The normalized spacial score (nSPS) is 32.5. The number of anilines is 1. The predicted octanol–water partition coefficient (Wildman–Crippen LogP) is 1.95. The van der Waals surface area contributed by atoms with Gasteiger partial charge in [0.2, 0.25) is 0 Å². The zero-order valence-electron chi connectivity index (χ0n) is 11.2. The van der Waals surface area contributed by atoms with Crippen molar-refractivity contribution in [2.75, 3.05) is 11.9 Å². The first-order valence-corrected chi connectivity index (χ1v) is 6.62. The Bertz CT molecular complexity index is 448. The largest absolute Gasteiger partial charge is 0.380 e. The summed E-state index contributed by atoms with van der Waals surface area (Å²) in [6.07, 6.45) is 0. The van der Waals surface area contributed by atoms with E-state index in [1.165, 1.54) is 17.8 Å². The van der Waals surface area contributed by atoms with Crippen molar-refractivity contribution in [3.63, 3.8) is 0 Å². The van der Waals surface area contributed by atoms with Crippen molar-refractivity contribution in [2.24, 2.45) is 5.41 Å². The summed E-state index contributed by atoms with van der Waals surface area (Å²) in [5.41, 5.74) is 3.49. The summed E-state index contributed by atoms with van der Waals surface area (Å²) < 4.78 is 0. The molecule has 0 radical (unpaired) electrons. The molecule has 1 aromatic carbocycles. The van der Waals surface area contributed by atoms with Crippen LogP contribution in [0.1, 0.15) is 39.2 Å². The Morgan fingerprint density at radius 2 is 1.88 bits per heavy atom. The van der Waals surface area contributed by atoms with Crippen molar-refractivity contribution in [2.45, 2.75) is 45.2 Å². The molecular weight excluding hydrogens is 208 g/mol. The minimum absolute atomic E-state index is 0.291. The average molecular weight is 231 g/mol. The second-order valence-electron chi connectivity index (χ2n) is 6.91. The Labute approximate surface area is 104 Å². The number of quaternary nitrogens is 1. The molecule has 2 atom stereocenters. The molecule has 1 saturated heterocycles. The highest BCUT2D eigenvalue weighted by molar-refractivity contribution is 5.61. The van der Waals surface area contributed by atoms with Gasteiger partial charge in [-0.3, -0.25) is 0 Å². The van der Waals surface area contributed by atoms with Gasteiger partial charge in [-0.2, -0.15) is 0 Å². The van der Waals surface area contributed by atoms with E-state index in [4.69, 9.17) is 0 Å². The molecular formula is C15H23N2+. The number of piperidine rings is 1. The molecule has 0 amide bonds. The summed E-state index contributed by atoms with van der Waals surface area (Å²) in [6.45, 7) is 10.7. The number of benzene rings is 1. The summed E-state index contributed by atoms with van der Waals surface area (Å²) in [5.74, 6) is 0.613. The maximum absolute atomic E-state index is 3.76. The van der Waals surface area contributed by atoms with Gasteiger partial charge in [-0.25, -0.2) is 0 Å². The van der Waals surface area contributed by atoms with Crippen LogP contribution in [-0.2, 0) is 0 Å². The first-order valence-electron chi connectivity index (χ1n) is 6.62. The van der Waals surface area contributed by atoms with Gasteiger partial charge in [-0.05, 0) is 25.5 Å². The quantitative estimate of drug-likeness (QED) is 0.702. The van der Waals surface area contributed by atoms with Gasteiger partial charge in [-0.15, -0.1) is 0 Å². The molecule has 1 aromatic rings. The van der Waals surface area contributed by atoms with Crippen LogP contribution in [0.2, 0.25) is 0 Å². The lowest BCUT2D eigenvalue weighted by molar-refractivity contribution is -0.743. The van der Waals surface area contributed by atoms with Crippen molar-refractivity contribution in [3.8, 4) is 0 Å². The van der Waals surface area contributed by atoms with Gasteiger partial charge < -0.3 is 10.6 Å². The van der Waals surface area contributed by atoms with E-state index in [1.54, 1.807) is 0 Å². The summed E-state index contributed by atoms with van der Waals surface area (Å²) in [7, 11) is 0. The Morgan fingerprint density at radius 3 is 2.65 bits per heavy atom. The van der Waals surface area contributed by atoms with Gasteiger partial charge in [-0.1, -0.05) is 32.0 Å². The maximum atomic E-state index is 3.76. The number of fused-ring (bicyclic) bond motifs is 3. The SMILES string of the molecule is CC1(C)C[NH2+]C(C)(C)[C@@H]2c3ccccc3N[C@@H]21. The number of para-hydroxylation sites is 1. The molecule has 2 heterocycles. The van der Waals surface area contributed by atoms with Crippen LogP contribution in [-0.4, -0.2) is 18.1 Å². The van der Waals surface area contributed by atoms with E-state index in [9.17, 15) is 0 Å². The number of nitrogens with two attached hydrogens (primary N) is 1. The second-order valence-corrected chi connectivity index (χ2v) is 6.91. The Balaban J connectivity index is 2.11. The highest BCUT2D eigenvalue weighted by atomic mass is 15.1. The number of hydrogen-bond acceptors (Lipinski definition) is 1. The van der Waals surface area contributed by atoms with E-state index in [1.807, 2.05) is 0 Å². The van der Waals surface area contributed by atoms with Crippen molar-refractivity contribution >= 4 is 5.69 Å². The molecule has 3 rings (SSSR count). The summed E-state index contributed by atoms with van der Waals surface area (Å²) in [5, 5.41) is 6.29. The molecule has 2 aliphatic rings. The third-order valence-corrected chi connectivity index (χ3v) is 4.74. The fourth-order valence-corrected chi connectivity index (χ4v) is 3.59. The van der Waals surface area contributed by atoms with Gasteiger partial charge in [0.25, 0.3) is 0 Å². The summed E-state index contributed by atoms with van der Waals surface area (Å²) >= 11 is 0. The van der Waals surface area contributed by atoms with Crippen LogP contribution < -0.4 is 10.6 Å². The van der Waals surface area contributed by atoms with E-state index in [-0.39, 0.29) is 0 Å². The van der Waals surface area contributed by atoms with Crippen molar-refractivity contribution in [3.05, 3.63) is 29.8 Å². The molecule has 17 heavy (non-hydrogen) atoms. The van der Waals surface area contributed by atoms with Crippen LogP contribution in [0.15, 0.2) is 24.3 Å². The van der Waals surface area contributed by atoms with Gasteiger partial charge in [0.05, 0.1) is 18.0 Å². The molecule has 0 unspecified atom stereocenters. The first-order chi connectivity index (χ1) is 7.92. The summed E-state index contributed by atoms with van der Waals surface area (Å²) in [4.78, 5) is 0. The molecule has 0 aromatic heterocycles. The third-order valence-electron chi connectivity index (χ3n) is 4.74. The zero-order chi connectivity index (χ0) is 12.3. The fraction of sp³-hybridized carbons (Fsp3) is 0.600. The van der Waals surface area contributed by atoms with Crippen molar-refractivity contribution in [1.29, 1.82) is 0 Å². The minimum Gasteiger partial charge on any atom is -0.380 e. The lowest BCUT2D eigenvalue weighted by atomic mass is 9.66. The van der Waals surface area contributed by atoms with Crippen LogP contribution in [0.3, 0.4) is 0 Å². The Hall–Kier alpha value is -1.02. The topological polar surface area (TPSA) is 28.6 Å². The van der Waals surface area contributed by atoms with Gasteiger partial charge in [0.15, 0.2) is 0 Å². The standard InChI is InChI=1S/C15H22N2/c1-14(2)9-16-15(3,4)12-10-7-5-6-8-11(10)17-13(12)14/h5-8,12-13,16-17H,9H2,1-4H3/p+1/t12-,13+/m1/s1. The van der Waals surface area contributed by atoms with E-state index in [0.29, 0.717) is 22.9 Å². The first kappa shape index (κ1) is 11.1. The number of hydrogen-bond donors (Lipinski definition) is 2. The van der Waals surface area contributed by atoms with Crippen LogP contribution in [0.25, 0.3) is 0 Å². The minimum atomic E-state index is 0.291. The molecule has 2 nitrogen and oxygen atoms in total. The second kappa shape index (κ2) is 3.26. The maximum Gasteiger partial charge on any atom is 0.0994 e. The molecule has 2 heteroatoms. The van der Waals surface area contributed by atoms with Gasteiger partial charge >= 0.3 is 0 Å². The molecule has 0 saturated carbocycles. The summed E-state index contributed by atoms with van der Waals surface area (Å²) in [6, 6.07) is 9.39. The fourth-order valence-electron chi connectivity index (χ4n) is 3.59. The monoisotopic (exact) mass is 231 g/mol. The predicted molar refractivity (Wildman–Crippen MR) is 71.2 cm³/mol. The molecule has 0 aliphatic carbocycles. The Kier molecular flexibility index (Phi) is 2.13. The number of rotatable bonds is 0. The van der Waals surface area contributed by atoms with Crippen molar-refractivity contribution in [1.82, 2.24) is 0 Å². The van der Waals surface area contributed by atoms with E-state index in [2.05, 4.69) is 62.6 Å². The molecule has 3 N–H and O–H groups in total. The molecule has 92 valence electrons. The highest BCUT2D eigenvalue weighted by Crippen LogP contribution is 2.48. The molecule has 0 bridgehead atoms. The Morgan fingerprint density at radius 1 is 1.18 bits per heavy atom. The van der Waals surface area contributed by atoms with E-state index >= 15 is 0 Å². The highest BCUT2D eigenvalue weighted by Gasteiger charge is 2.54. The smallest absolute Gasteiger partial charge is 0.0994 e. The van der Waals surface area contributed by atoms with E-state index in [0.717, 1.165) is 0 Å². The van der Waals surface area contributed by atoms with Gasteiger partial charge in [0.1, 0.15) is 0 Å². The molecule has 2 aliphatic heterocycles.